The van der Waals surface area contributed by atoms with Gasteiger partial charge in [-0.1, -0.05) is 18.2 Å². The molecule has 1 heterocycles. The van der Waals surface area contributed by atoms with E-state index in [1.807, 2.05) is 33.8 Å². The SMILES string of the molecule is COc1cc(C)c(-c2ccccc2S(=O)(=O)NC(C)(C)C)cn1. The van der Waals surface area contributed by atoms with Gasteiger partial charge in [-0.3, -0.25) is 0 Å². The third kappa shape index (κ3) is 4.09. The molecule has 6 heteroatoms. The fourth-order valence-electron chi connectivity index (χ4n) is 2.31. The van der Waals surface area contributed by atoms with Gasteiger partial charge in [0.1, 0.15) is 0 Å². The number of rotatable bonds is 4. The maximum atomic E-state index is 12.7. The molecule has 0 aliphatic heterocycles. The summed E-state index contributed by atoms with van der Waals surface area (Å²) in [5.74, 6) is 0.499. The highest BCUT2D eigenvalue weighted by molar-refractivity contribution is 7.89. The van der Waals surface area contributed by atoms with Crippen LogP contribution in [0.25, 0.3) is 11.1 Å². The predicted molar refractivity (Wildman–Crippen MR) is 91.0 cm³/mol. The molecule has 124 valence electrons. The van der Waals surface area contributed by atoms with E-state index in [0.29, 0.717) is 11.4 Å². The molecule has 0 bridgehead atoms. The Bertz CT molecular complexity index is 809. The van der Waals surface area contributed by atoms with Crippen molar-refractivity contribution < 1.29 is 13.2 Å². The van der Waals surface area contributed by atoms with Crippen LogP contribution in [0.15, 0.2) is 41.4 Å². The quantitative estimate of drug-likeness (QED) is 0.932. The third-order valence-electron chi connectivity index (χ3n) is 3.20. The molecule has 0 radical (unpaired) electrons. The van der Waals surface area contributed by atoms with Gasteiger partial charge in [-0.2, -0.15) is 0 Å². The van der Waals surface area contributed by atoms with E-state index >= 15 is 0 Å². The third-order valence-corrected chi connectivity index (χ3v) is 5.02. The van der Waals surface area contributed by atoms with E-state index in [2.05, 4.69) is 9.71 Å². The van der Waals surface area contributed by atoms with Crippen molar-refractivity contribution in [3.63, 3.8) is 0 Å². The van der Waals surface area contributed by atoms with Crippen molar-refractivity contribution in [2.45, 2.75) is 38.1 Å². The van der Waals surface area contributed by atoms with Crippen molar-refractivity contribution in [3.05, 3.63) is 42.1 Å². The lowest BCUT2D eigenvalue weighted by Crippen LogP contribution is -2.40. The second-order valence-corrected chi connectivity index (χ2v) is 8.04. The number of aryl methyl sites for hydroxylation is 1. The van der Waals surface area contributed by atoms with Gasteiger partial charge in [0.05, 0.1) is 12.0 Å². The summed E-state index contributed by atoms with van der Waals surface area (Å²) in [4.78, 5) is 4.44. The minimum Gasteiger partial charge on any atom is -0.481 e. The van der Waals surface area contributed by atoms with Crippen LogP contribution in [0.4, 0.5) is 0 Å². The van der Waals surface area contributed by atoms with Crippen molar-refractivity contribution >= 4 is 10.0 Å². The summed E-state index contributed by atoms with van der Waals surface area (Å²) in [6.45, 7) is 7.34. The first kappa shape index (κ1) is 17.4. The molecule has 2 aromatic rings. The number of ether oxygens (including phenoxy) is 1. The first-order valence-corrected chi connectivity index (χ1v) is 8.76. The highest BCUT2D eigenvalue weighted by Crippen LogP contribution is 2.31. The number of sulfonamides is 1. The Balaban J connectivity index is 2.59. The highest BCUT2D eigenvalue weighted by atomic mass is 32.2. The topological polar surface area (TPSA) is 68.3 Å². The van der Waals surface area contributed by atoms with E-state index in [4.69, 9.17) is 4.74 Å². The van der Waals surface area contributed by atoms with E-state index in [9.17, 15) is 8.42 Å². The molecule has 0 spiro atoms. The van der Waals surface area contributed by atoms with Crippen LogP contribution in [-0.2, 0) is 10.0 Å². The fourth-order valence-corrected chi connectivity index (χ4v) is 3.95. The largest absolute Gasteiger partial charge is 0.481 e. The van der Waals surface area contributed by atoms with Crippen LogP contribution >= 0.6 is 0 Å². The van der Waals surface area contributed by atoms with Crippen molar-refractivity contribution in [1.82, 2.24) is 9.71 Å². The average molecular weight is 334 g/mol. The normalized spacial score (nSPS) is 12.2. The molecule has 0 amide bonds. The second-order valence-electron chi connectivity index (χ2n) is 6.39. The molecule has 1 aromatic carbocycles. The molecule has 0 fully saturated rings. The number of benzene rings is 1. The molecule has 1 N–H and O–H groups in total. The fraction of sp³-hybridized carbons (Fsp3) is 0.353. The van der Waals surface area contributed by atoms with Gasteiger partial charge in [0.2, 0.25) is 15.9 Å². The van der Waals surface area contributed by atoms with E-state index in [1.165, 1.54) is 0 Å². The second kappa shape index (κ2) is 6.29. The van der Waals surface area contributed by atoms with Crippen LogP contribution in [0, 0.1) is 6.92 Å². The molecule has 0 unspecified atom stereocenters. The van der Waals surface area contributed by atoms with Gasteiger partial charge in [-0.15, -0.1) is 0 Å². The minimum absolute atomic E-state index is 0.241. The van der Waals surface area contributed by atoms with Crippen LogP contribution in [0.5, 0.6) is 5.88 Å². The summed E-state index contributed by atoms with van der Waals surface area (Å²) in [6.07, 6.45) is 1.64. The van der Waals surface area contributed by atoms with Crippen LogP contribution in [0.1, 0.15) is 26.3 Å². The number of aromatic nitrogens is 1. The van der Waals surface area contributed by atoms with Gasteiger partial charge >= 0.3 is 0 Å². The lowest BCUT2D eigenvalue weighted by atomic mass is 10.0. The number of hydrogen-bond donors (Lipinski definition) is 1. The number of nitrogens with one attached hydrogen (secondary N) is 1. The zero-order valence-electron chi connectivity index (χ0n) is 14.0. The van der Waals surface area contributed by atoms with Gasteiger partial charge in [-0.05, 0) is 39.3 Å². The summed E-state index contributed by atoms with van der Waals surface area (Å²) in [5, 5.41) is 0. The maximum Gasteiger partial charge on any atom is 0.241 e. The smallest absolute Gasteiger partial charge is 0.241 e. The van der Waals surface area contributed by atoms with Crippen molar-refractivity contribution in [2.75, 3.05) is 7.11 Å². The summed E-state index contributed by atoms with van der Waals surface area (Å²) >= 11 is 0. The molecule has 0 atom stereocenters. The van der Waals surface area contributed by atoms with Gasteiger partial charge in [0.15, 0.2) is 0 Å². The first-order chi connectivity index (χ1) is 10.6. The lowest BCUT2D eigenvalue weighted by Gasteiger charge is -2.22. The molecule has 1 aromatic heterocycles. The Hall–Kier alpha value is -1.92. The Morgan fingerprint density at radius 2 is 1.78 bits per heavy atom. The Labute approximate surface area is 137 Å². The minimum atomic E-state index is -3.64. The molecule has 0 aliphatic carbocycles. The summed E-state index contributed by atoms with van der Waals surface area (Å²) < 4.78 is 33.2. The van der Waals surface area contributed by atoms with E-state index in [1.54, 1.807) is 37.6 Å². The van der Waals surface area contributed by atoms with Gasteiger partial charge in [-0.25, -0.2) is 18.1 Å². The van der Waals surface area contributed by atoms with Crippen molar-refractivity contribution in [1.29, 1.82) is 0 Å². The van der Waals surface area contributed by atoms with Crippen LogP contribution in [-0.4, -0.2) is 26.1 Å². The average Bonchev–Trinajstić information content (AvgIpc) is 2.44. The molecule has 0 saturated heterocycles. The van der Waals surface area contributed by atoms with Gasteiger partial charge in [0.25, 0.3) is 0 Å². The number of methoxy groups -OCH3 is 1. The molecule has 2 rings (SSSR count). The van der Waals surface area contributed by atoms with Gasteiger partial charge in [0, 0.05) is 28.9 Å². The van der Waals surface area contributed by atoms with E-state index in [-0.39, 0.29) is 4.90 Å². The van der Waals surface area contributed by atoms with Crippen LogP contribution < -0.4 is 9.46 Å². The number of nitrogens with zero attached hydrogens (tertiary/aromatic N) is 1. The van der Waals surface area contributed by atoms with Gasteiger partial charge < -0.3 is 4.74 Å². The molecule has 5 nitrogen and oxygen atoms in total. The summed E-state index contributed by atoms with van der Waals surface area (Å²) in [5.41, 5.74) is 1.73. The maximum absolute atomic E-state index is 12.7. The molecule has 0 aliphatic rings. The Morgan fingerprint density at radius 3 is 2.35 bits per heavy atom. The molecular formula is C17H22N2O3S. The summed E-state index contributed by atoms with van der Waals surface area (Å²) in [7, 11) is -2.09. The summed E-state index contributed by atoms with van der Waals surface area (Å²) in [6, 6.07) is 8.71. The lowest BCUT2D eigenvalue weighted by molar-refractivity contribution is 0.397. The van der Waals surface area contributed by atoms with Crippen molar-refractivity contribution in [2.24, 2.45) is 0 Å². The van der Waals surface area contributed by atoms with Crippen LogP contribution in [0.3, 0.4) is 0 Å². The highest BCUT2D eigenvalue weighted by Gasteiger charge is 2.25. The Morgan fingerprint density at radius 1 is 1.13 bits per heavy atom. The monoisotopic (exact) mass is 334 g/mol. The first-order valence-electron chi connectivity index (χ1n) is 7.28. The molecule has 23 heavy (non-hydrogen) atoms. The Kier molecular flexibility index (Phi) is 4.77. The molecular weight excluding hydrogens is 312 g/mol. The zero-order valence-corrected chi connectivity index (χ0v) is 14.9. The van der Waals surface area contributed by atoms with E-state index in [0.717, 1.165) is 11.1 Å². The van der Waals surface area contributed by atoms with E-state index < -0.39 is 15.6 Å². The van der Waals surface area contributed by atoms with Crippen LogP contribution in [0.2, 0.25) is 0 Å². The standard InChI is InChI=1S/C17H22N2O3S/c1-12-10-16(22-5)18-11-14(12)13-8-6-7-9-15(13)23(20,21)19-17(2,3)4/h6-11,19H,1-5H3. The number of hydrogen-bond acceptors (Lipinski definition) is 4. The van der Waals surface area contributed by atoms with Crippen molar-refractivity contribution in [3.8, 4) is 17.0 Å². The predicted octanol–water partition coefficient (Wildman–Crippen LogP) is 3.14. The molecule has 0 saturated carbocycles. The number of pyridine rings is 1. The zero-order chi connectivity index (χ0) is 17.3.